The van der Waals surface area contributed by atoms with Gasteiger partial charge in [-0.1, -0.05) is 6.92 Å². The molecule has 0 radical (unpaired) electrons. The fraction of sp³-hybridized carbons (Fsp3) is 0.615. The zero-order valence-corrected chi connectivity index (χ0v) is 12.4. The molecule has 0 spiro atoms. The number of hydrogen-bond donors (Lipinski definition) is 1. The summed E-state index contributed by atoms with van der Waals surface area (Å²) in [4.78, 5) is 10.4. The van der Waals surface area contributed by atoms with Crippen LogP contribution in [-0.4, -0.2) is 36.6 Å². The van der Waals surface area contributed by atoms with Gasteiger partial charge < -0.3 is 9.52 Å². The first-order valence-corrected chi connectivity index (χ1v) is 8.15. The third-order valence-corrected chi connectivity index (χ3v) is 5.38. The van der Waals surface area contributed by atoms with Crippen LogP contribution in [0.25, 0.3) is 0 Å². The van der Waals surface area contributed by atoms with E-state index < -0.39 is 28.2 Å². The summed E-state index contributed by atoms with van der Waals surface area (Å²) in [7, 11) is -2.14. The van der Waals surface area contributed by atoms with Crippen molar-refractivity contribution in [3.63, 3.8) is 0 Å². The molecule has 2 rings (SSSR count). The van der Waals surface area contributed by atoms with E-state index in [2.05, 4.69) is 6.92 Å². The van der Waals surface area contributed by atoms with Gasteiger partial charge in [-0.2, -0.15) is 4.31 Å². The molecule has 2 atom stereocenters. The third kappa shape index (κ3) is 3.61. The van der Waals surface area contributed by atoms with Crippen LogP contribution in [0.4, 0.5) is 0 Å². The summed E-state index contributed by atoms with van der Waals surface area (Å²) >= 11 is 0. The van der Waals surface area contributed by atoms with Crippen molar-refractivity contribution in [2.24, 2.45) is 5.92 Å². The van der Waals surface area contributed by atoms with Gasteiger partial charge in [-0.15, -0.1) is 0 Å². The van der Waals surface area contributed by atoms with Crippen molar-refractivity contribution < 1.29 is 22.7 Å². The van der Waals surface area contributed by atoms with Gasteiger partial charge in [0.15, 0.2) is 0 Å². The summed E-state index contributed by atoms with van der Waals surface area (Å²) < 4.78 is 30.5. The fourth-order valence-corrected chi connectivity index (χ4v) is 3.16. The van der Waals surface area contributed by atoms with Gasteiger partial charge in [-0.25, -0.2) is 8.42 Å². The molecule has 0 bridgehead atoms. The van der Waals surface area contributed by atoms with Gasteiger partial charge >= 0.3 is 5.97 Å². The van der Waals surface area contributed by atoms with E-state index in [1.807, 2.05) is 6.07 Å². The van der Waals surface area contributed by atoms with E-state index in [1.54, 1.807) is 6.07 Å². The predicted octanol–water partition coefficient (Wildman–Crippen LogP) is 1.64. The number of aliphatic carboxylic acids is 1. The van der Waals surface area contributed by atoms with Crippen LogP contribution >= 0.6 is 0 Å². The molecule has 0 amide bonds. The van der Waals surface area contributed by atoms with Crippen molar-refractivity contribution in [1.29, 1.82) is 0 Å². The average molecular weight is 301 g/mol. The number of rotatable bonds is 7. The van der Waals surface area contributed by atoms with Crippen LogP contribution in [0.2, 0.25) is 0 Å². The minimum Gasteiger partial charge on any atom is -0.481 e. The minimum absolute atomic E-state index is 0.128. The molecule has 7 heteroatoms. The fourth-order valence-electron chi connectivity index (χ4n) is 2.09. The predicted molar refractivity (Wildman–Crippen MR) is 72.7 cm³/mol. The van der Waals surface area contributed by atoms with Crippen molar-refractivity contribution in [3.05, 3.63) is 23.7 Å². The van der Waals surface area contributed by atoms with Crippen molar-refractivity contribution in [2.75, 3.05) is 12.8 Å². The van der Waals surface area contributed by atoms with E-state index in [0.717, 1.165) is 16.5 Å². The van der Waals surface area contributed by atoms with Gasteiger partial charge in [0.1, 0.15) is 11.5 Å². The summed E-state index contributed by atoms with van der Waals surface area (Å²) in [6, 6.07) is 3.67. The van der Waals surface area contributed by atoms with Crippen LogP contribution in [0, 0.1) is 5.92 Å². The Bertz CT molecular complexity index is 592. The molecule has 1 aromatic rings. The smallest absolute Gasteiger partial charge is 0.304 e. The Hall–Kier alpha value is -1.34. The highest BCUT2D eigenvalue weighted by molar-refractivity contribution is 7.89. The number of nitrogens with zero attached hydrogens (tertiary/aromatic N) is 1. The summed E-state index contributed by atoms with van der Waals surface area (Å²) in [6.07, 6.45) is 0.718. The van der Waals surface area contributed by atoms with E-state index >= 15 is 0 Å². The van der Waals surface area contributed by atoms with E-state index in [-0.39, 0.29) is 6.54 Å². The number of carboxylic acids is 1. The lowest BCUT2D eigenvalue weighted by molar-refractivity contribution is -0.136. The molecule has 1 N–H and O–H groups in total. The summed E-state index contributed by atoms with van der Waals surface area (Å²) in [6.45, 7) is 2.28. The second-order valence-corrected chi connectivity index (χ2v) is 7.53. The highest BCUT2D eigenvalue weighted by Gasteiger charge is 2.36. The van der Waals surface area contributed by atoms with Gasteiger partial charge in [0.05, 0.1) is 18.7 Å². The first-order chi connectivity index (χ1) is 9.29. The van der Waals surface area contributed by atoms with E-state index in [0.29, 0.717) is 17.6 Å². The molecule has 2 unspecified atom stereocenters. The Labute approximate surface area is 118 Å². The quantitative estimate of drug-likeness (QED) is 0.827. The van der Waals surface area contributed by atoms with Gasteiger partial charge in [0.25, 0.3) is 0 Å². The highest BCUT2D eigenvalue weighted by Crippen LogP contribution is 2.47. The van der Waals surface area contributed by atoms with E-state index in [4.69, 9.17) is 9.52 Å². The van der Waals surface area contributed by atoms with Gasteiger partial charge in [-0.3, -0.25) is 4.79 Å². The molecule has 112 valence electrons. The lowest BCUT2D eigenvalue weighted by Gasteiger charge is -2.15. The molecule has 1 heterocycles. The first-order valence-electron chi connectivity index (χ1n) is 6.54. The summed E-state index contributed by atoms with van der Waals surface area (Å²) in [5, 5.41) is 8.54. The Morgan fingerprint density at radius 1 is 1.50 bits per heavy atom. The van der Waals surface area contributed by atoms with Crippen LogP contribution in [0.1, 0.15) is 37.2 Å². The molecule has 0 aromatic carbocycles. The third-order valence-electron chi connectivity index (χ3n) is 3.58. The van der Waals surface area contributed by atoms with Crippen LogP contribution < -0.4 is 0 Å². The zero-order valence-electron chi connectivity index (χ0n) is 11.6. The molecule has 1 aliphatic carbocycles. The average Bonchev–Trinajstić information content (AvgIpc) is 2.90. The maximum atomic E-state index is 11.9. The molecular formula is C13H19NO5S. The number of carbonyl (C=O) groups is 1. The van der Waals surface area contributed by atoms with E-state index in [9.17, 15) is 13.2 Å². The largest absolute Gasteiger partial charge is 0.481 e. The SMILES string of the molecule is CC1CC1c1ccc(CN(C)S(=O)(=O)CCC(=O)O)o1. The monoisotopic (exact) mass is 301 g/mol. The lowest BCUT2D eigenvalue weighted by Crippen LogP contribution is -2.29. The van der Waals surface area contributed by atoms with Crippen molar-refractivity contribution in [2.45, 2.75) is 32.2 Å². The zero-order chi connectivity index (χ0) is 14.9. The second kappa shape index (κ2) is 5.57. The normalized spacial score (nSPS) is 22.1. The van der Waals surface area contributed by atoms with Gasteiger partial charge in [-0.05, 0) is 24.5 Å². The first kappa shape index (κ1) is 15.1. The van der Waals surface area contributed by atoms with Crippen LogP contribution in [0.15, 0.2) is 16.5 Å². The van der Waals surface area contributed by atoms with Crippen LogP contribution in [0.5, 0.6) is 0 Å². The topological polar surface area (TPSA) is 87.8 Å². The molecule has 20 heavy (non-hydrogen) atoms. The highest BCUT2D eigenvalue weighted by atomic mass is 32.2. The number of furan rings is 1. The molecule has 1 saturated carbocycles. The summed E-state index contributed by atoms with van der Waals surface area (Å²) in [5.74, 6) is 1.06. The molecular weight excluding hydrogens is 282 g/mol. The van der Waals surface area contributed by atoms with Crippen LogP contribution in [0.3, 0.4) is 0 Å². The molecule has 6 nitrogen and oxygen atoms in total. The Balaban J connectivity index is 1.94. The van der Waals surface area contributed by atoms with Crippen molar-refractivity contribution in [1.82, 2.24) is 4.31 Å². The summed E-state index contributed by atoms with van der Waals surface area (Å²) in [5.41, 5.74) is 0. The number of carboxylic acid groups (broad SMARTS) is 1. The second-order valence-electron chi connectivity index (χ2n) is 5.34. The van der Waals surface area contributed by atoms with Gasteiger partial charge in [0.2, 0.25) is 10.0 Å². The minimum atomic E-state index is -3.57. The number of sulfonamides is 1. The van der Waals surface area contributed by atoms with E-state index in [1.165, 1.54) is 7.05 Å². The van der Waals surface area contributed by atoms with Crippen molar-refractivity contribution >= 4 is 16.0 Å². The number of hydrogen-bond acceptors (Lipinski definition) is 4. The molecule has 0 saturated heterocycles. The maximum absolute atomic E-state index is 11.9. The van der Waals surface area contributed by atoms with Crippen LogP contribution in [-0.2, 0) is 21.4 Å². The van der Waals surface area contributed by atoms with Crippen molar-refractivity contribution in [3.8, 4) is 0 Å². The van der Waals surface area contributed by atoms with Gasteiger partial charge in [0, 0.05) is 13.0 Å². The molecule has 1 aliphatic rings. The molecule has 0 aliphatic heterocycles. The maximum Gasteiger partial charge on any atom is 0.304 e. The Morgan fingerprint density at radius 3 is 2.70 bits per heavy atom. The molecule has 1 fully saturated rings. The standard InChI is InChI=1S/C13H19NO5S/c1-9-7-11(9)12-4-3-10(19-12)8-14(2)20(17,18)6-5-13(15)16/h3-4,9,11H,5-8H2,1-2H3,(H,15,16). The molecule has 1 aromatic heterocycles. The lowest BCUT2D eigenvalue weighted by atomic mass is 10.3. The Morgan fingerprint density at radius 2 is 2.15 bits per heavy atom. The Kier molecular flexibility index (Phi) is 4.19.